The maximum atomic E-state index is 10.2. The minimum Gasteiger partial charge on any atom is -0.502 e. The molecule has 4 unspecified atom stereocenters. The predicted octanol–water partition coefficient (Wildman–Crippen LogP) is -1.43. The first-order valence-electron chi connectivity index (χ1n) is 6.07. The molecule has 11 heteroatoms. The van der Waals surface area contributed by atoms with Crippen molar-refractivity contribution in [2.45, 2.75) is 24.4 Å². The molecule has 1 rings (SSSR count). The van der Waals surface area contributed by atoms with Gasteiger partial charge >= 0.3 is 5.69 Å². The number of aldehydes is 1. The van der Waals surface area contributed by atoms with Crippen LogP contribution in [0.3, 0.4) is 0 Å². The van der Waals surface area contributed by atoms with Gasteiger partial charge < -0.3 is 35.4 Å². The van der Waals surface area contributed by atoms with Crippen LogP contribution in [-0.2, 0) is 4.79 Å². The number of hydrogen-bond donors (Lipinski definition) is 6. The number of para-hydroxylation sites is 1. The van der Waals surface area contributed by atoms with Gasteiger partial charge in [0.25, 0.3) is 0 Å². The second-order valence-corrected chi connectivity index (χ2v) is 4.63. The van der Waals surface area contributed by atoms with Crippen molar-refractivity contribution in [2.24, 2.45) is 0 Å². The van der Waals surface area contributed by atoms with Crippen molar-refractivity contribution < 1.29 is 40.4 Å². The van der Waals surface area contributed by atoms with Crippen LogP contribution in [-0.4, -0.2) is 72.9 Å². The van der Waals surface area contributed by atoms with Crippen LogP contribution in [0.2, 0.25) is 5.02 Å². The number of carbonyl (C=O) groups is 1. The number of carbonyl (C=O) groups excluding carboxylic acids is 1. The zero-order valence-corrected chi connectivity index (χ0v) is 12.3. The van der Waals surface area contributed by atoms with Gasteiger partial charge in [-0.05, 0) is 12.1 Å². The number of nitro groups is 1. The van der Waals surface area contributed by atoms with Crippen LogP contribution in [0.1, 0.15) is 0 Å². The van der Waals surface area contributed by atoms with Crippen molar-refractivity contribution in [2.75, 3.05) is 6.61 Å². The van der Waals surface area contributed by atoms with Gasteiger partial charge in [-0.2, -0.15) is 0 Å². The molecule has 0 aliphatic heterocycles. The Balaban J connectivity index is 0.000000422. The summed E-state index contributed by atoms with van der Waals surface area (Å²) in [7, 11) is 0. The van der Waals surface area contributed by atoms with Crippen LogP contribution >= 0.6 is 11.6 Å². The van der Waals surface area contributed by atoms with Gasteiger partial charge in [0.2, 0.25) is 0 Å². The Morgan fingerprint density at radius 1 is 1.22 bits per heavy atom. The summed E-state index contributed by atoms with van der Waals surface area (Å²) in [6.07, 6.45) is -6.84. The van der Waals surface area contributed by atoms with Crippen molar-refractivity contribution in [3.05, 3.63) is 33.3 Å². The topological polar surface area (TPSA) is 182 Å². The fourth-order valence-electron chi connectivity index (χ4n) is 1.30. The number of hydrogen-bond acceptors (Lipinski definition) is 9. The molecular formula is C12H16ClNO9. The molecule has 0 heterocycles. The van der Waals surface area contributed by atoms with Crippen molar-refractivity contribution in [1.82, 2.24) is 0 Å². The van der Waals surface area contributed by atoms with E-state index in [1.54, 1.807) is 0 Å². The molecule has 0 saturated heterocycles. The largest absolute Gasteiger partial charge is 0.502 e. The maximum absolute atomic E-state index is 10.2. The number of halogens is 1. The predicted molar refractivity (Wildman–Crippen MR) is 76.9 cm³/mol. The molecule has 0 amide bonds. The minimum absolute atomic E-state index is 0.0258. The summed E-state index contributed by atoms with van der Waals surface area (Å²) in [6.45, 7) is -0.760. The van der Waals surface area contributed by atoms with Gasteiger partial charge in [-0.15, -0.1) is 0 Å². The highest BCUT2D eigenvalue weighted by Gasteiger charge is 2.29. The Morgan fingerprint density at radius 2 is 1.78 bits per heavy atom. The first kappa shape index (κ1) is 21.2. The van der Waals surface area contributed by atoms with Crippen molar-refractivity contribution in [3.63, 3.8) is 0 Å². The molecule has 4 atom stereocenters. The Labute approximate surface area is 135 Å². The summed E-state index contributed by atoms with van der Waals surface area (Å²) in [4.78, 5) is 19.4. The van der Waals surface area contributed by atoms with E-state index in [0.29, 0.717) is 0 Å². The molecule has 10 nitrogen and oxygen atoms in total. The van der Waals surface area contributed by atoms with Gasteiger partial charge in [-0.1, -0.05) is 17.7 Å². The van der Waals surface area contributed by atoms with Crippen LogP contribution in [0.25, 0.3) is 0 Å². The van der Waals surface area contributed by atoms with E-state index in [2.05, 4.69) is 0 Å². The highest BCUT2D eigenvalue weighted by atomic mass is 35.5. The molecule has 23 heavy (non-hydrogen) atoms. The molecule has 0 spiro atoms. The lowest BCUT2D eigenvalue weighted by Gasteiger charge is -2.22. The zero-order chi connectivity index (χ0) is 18.2. The SMILES string of the molecule is O=CC(O)C(O)C(O)C(O)CO.O=[N+]([O-])c1c(O)cccc1Cl. The summed E-state index contributed by atoms with van der Waals surface area (Å²) in [5, 5.41) is 62.6. The summed E-state index contributed by atoms with van der Waals surface area (Å²) in [5.41, 5.74) is -0.450. The van der Waals surface area contributed by atoms with Crippen LogP contribution in [0, 0.1) is 10.1 Å². The molecular weight excluding hydrogens is 338 g/mol. The Kier molecular flexibility index (Phi) is 9.25. The molecule has 0 fully saturated rings. The van der Waals surface area contributed by atoms with E-state index in [-0.39, 0.29) is 11.3 Å². The van der Waals surface area contributed by atoms with Gasteiger partial charge in [0.15, 0.2) is 12.0 Å². The Morgan fingerprint density at radius 3 is 2.13 bits per heavy atom. The molecule has 6 N–H and O–H groups in total. The van der Waals surface area contributed by atoms with E-state index in [1.807, 2.05) is 0 Å². The van der Waals surface area contributed by atoms with Gasteiger partial charge in [-0.3, -0.25) is 10.1 Å². The fourth-order valence-corrected chi connectivity index (χ4v) is 1.54. The van der Waals surface area contributed by atoms with E-state index in [4.69, 9.17) is 42.2 Å². The third-order valence-electron chi connectivity index (χ3n) is 2.57. The normalized spacial score (nSPS) is 15.6. The first-order valence-corrected chi connectivity index (χ1v) is 6.45. The number of nitrogens with zero attached hydrogens (tertiary/aromatic N) is 1. The number of aliphatic hydroxyl groups is 5. The molecule has 0 aliphatic rings. The number of rotatable bonds is 6. The molecule has 0 radical (unpaired) electrons. The van der Waals surface area contributed by atoms with Crippen LogP contribution in [0.4, 0.5) is 5.69 Å². The second-order valence-electron chi connectivity index (χ2n) is 4.22. The Bertz CT molecular complexity index is 507. The third kappa shape index (κ3) is 6.44. The standard InChI is InChI=1S/C6H4ClNO3.C6H12O6/c7-4-2-1-3-5(9)6(4)8(10)11;7-1-3(9)5(11)6(12)4(10)2-8/h1-3,9H;1,3-6,8-12H,2H2. The quantitative estimate of drug-likeness (QED) is 0.203. The number of aromatic hydroxyl groups is 1. The van der Waals surface area contributed by atoms with Gasteiger partial charge in [0.05, 0.1) is 11.5 Å². The lowest BCUT2D eigenvalue weighted by Crippen LogP contribution is -2.46. The summed E-state index contributed by atoms with van der Waals surface area (Å²) < 4.78 is 0. The van der Waals surface area contributed by atoms with E-state index < -0.39 is 47.4 Å². The van der Waals surface area contributed by atoms with E-state index >= 15 is 0 Å². The lowest BCUT2D eigenvalue weighted by molar-refractivity contribution is -0.385. The fraction of sp³-hybridized carbons (Fsp3) is 0.417. The van der Waals surface area contributed by atoms with Gasteiger partial charge in [-0.25, -0.2) is 0 Å². The van der Waals surface area contributed by atoms with Crippen molar-refractivity contribution >= 4 is 23.6 Å². The molecule has 0 aromatic heterocycles. The van der Waals surface area contributed by atoms with E-state index in [1.165, 1.54) is 18.2 Å². The maximum Gasteiger partial charge on any atom is 0.329 e. The number of phenols is 1. The highest BCUT2D eigenvalue weighted by Crippen LogP contribution is 2.32. The number of benzene rings is 1. The highest BCUT2D eigenvalue weighted by molar-refractivity contribution is 6.32. The summed E-state index contributed by atoms with van der Waals surface area (Å²) in [6, 6.07) is 3.99. The van der Waals surface area contributed by atoms with Crippen molar-refractivity contribution in [1.29, 1.82) is 0 Å². The van der Waals surface area contributed by atoms with E-state index in [0.717, 1.165) is 0 Å². The van der Waals surface area contributed by atoms with Crippen LogP contribution < -0.4 is 0 Å². The second kappa shape index (κ2) is 10.0. The summed E-state index contributed by atoms with van der Waals surface area (Å²) in [5.74, 6) is -0.414. The third-order valence-corrected chi connectivity index (χ3v) is 2.87. The average molecular weight is 354 g/mol. The number of nitro benzene ring substituents is 1. The molecule has 1 aromatic carbocycles. The molecule has 0 saturated carbocycles. The number of aliphatic hydroxyl groups excluding tert-OH is 5. The number of phenolic OH excluding ortho intramolecular Hbond substituents is 1. The van der Waals surface area contributed by atoms with Crippen molar-refractivity contribution in [3.8, 4) is 5.75 Å². The first-order chi connectivity index (χ1) is 10.7. The lowest BCUT2D eigenvalue weighted by atomic mass is 10.0. The minimum atomic E-state index is -1.79. The molecule has 130 valence electrons. The smallest absolute Gasteiger partial charge is 0.329 e. The molecule has 0 aliphatic carbocycles. The average Bonchev–Trinajstić information content (AvgIpc) is 2.51. The summed E-state index contributed by atoms with van der Waals surface area (Å²) >= 11 is 5.42. The molecule has 0 bridgehead atoms. The monoisotopic (exact) mass is 353 g/mol. The van der Waals surface area contributed by atoms with Crippen LogP contribution in [0.15, 0.2) is 18.2 Å². The van der Waals surface area contributed by atoms with Crippen LogP contribution in [0.5, 0.6) is 5.75 Å². The zero-order valence-electron chi connectivity index (χ0n) is 11.6. The molecule has 1 aromatic rings. The Hall–Kier alpha value is -1.82. The van der Waals surface area contributed by atoms with E-state index in [9.17, 15) is 14.9 Å². The van der Waals surface area contributed by atoms with Gasteiger partial charge in [0, 0.05) is 0 Å². The van der Waals surface area contributed by atoms with Gasteiger partial charge in [0.1, 0.15) is 29.4 Å².